The lowest BCUT2D eigenvalue weighted by Gasteiger charge is -2.34. The zero-order valence-corrected chi connectivity index (χ0v) is 11.4. The van der Waals surface area contributed by atoms with Gasteiger partial charge in [-0.25, -0.2) is 0 Å². The molecule has 0 radical (unpaired) electrons. The Labute approximate surface area is 101 Å². The van der Waals surface area contributed by atoms with Gasteiger partial charge < -0.3 is 8.99 Å². The Hall–Kier alpha value is -1.62. The van der Waals surface area contributed by atoms with Crippen LogP contribution in [0.4, 0.5) is 5.69 Å². The first kappa shape index (κ1) is 11.9. The molecule has 0 saturated carbocycles. The second-order valence-electron chi connectivity index (χ2n) is 4.66. The van der Waals surface area contributed by atoms with E-state index in [1.807, 2.05) is 13.0 Å². The molecule has 0 spiro atoms. The van der Waals surface area contributed by atoms with Crippen LogP contribution in [0.2, 0.25) is 13.1 Å². The fourth-order valence-electron chi connectivity index (χ4n) is 2.07. The Morgan fingerprint density at radius 2 is 2.24 bits per heavy atom. The van der Waals surface area contributed by atoms with Gasteiger partial charge in [-0.3, -0.25) is 9.79 Å². The predicted octanol–water partition coefficient (Wildman–Crippen LogP) is 2.32. The third kappa shape index (κ3) is 1.98. The van der Waals surface area contributed by atoms with Crippen LogP contribution in [-0.4, -0.2) is 19.6 Å². The molecule has 0 N–H and O–H groups in total. The fourth-order valence-corrected chi connectivity index (χ4v) is 4.02. The van der Waals surface area contributed by atoms with E-state index >= 15 is 0 Å². The van der Waals surface area contributed by atoms with E-state index < -0.39 is 8.32 Å². The number of fused-ring (bicyclic) bond motifs is 1. The van der Waals surface area contributed by atoms with Crippen molar-refractivity contribution < 1.29 is 4.43 Å². The minimum Gasteiger partial charge on any atom is -0.541 e. The van der Waals surface area contributed by atoms with Crippen LogP contribution >= 0.6 is 0 Å². The Morgan fingerprint density at radius 1 is 1.53 bits per heavy atom. The maximum atomic E-state index is 11.9. The summed E-state index contributed by atoms with van der Waals surface area (Å²) in [6.45, 7) is 9.63. The van der Waals surface area contributed by atoms with E-state index in [0.717, 1.165) is 11.5 Å². The van der Waals surface area contributed by atoms with Crippen LogP contribution in [0, 0.1) is 0 Å². The monoisotopic (exact) mass is 248 g/mol. The Balaban J connectivity index is 2.76. The summed E-state index contributed by atoms with van der Waals surface area (Å²) < 4.78 is 7.76. The van der Waals surface area contributed by atoms with E-state index in [1.54, 1.807) is 10.6 Å². The van der Waals surface area contributed by atoms with Crippen LogP contribution in [0.25, 0.3) is 5.76 Å². The number of aromatic nitrogens is 1. The number of hydrogen-bond donors (Lipinski definition) is 0. The number of rotatable bonds is 1. The topological polar surface area (TPSA) is 43.6 Å². The van der Waals surface area contributed by atoms with Crippen molar-refractivity contribution >= 4 is 26.5 Å². The first-order valence-electron chi connectivity index (χ1n) is 5.55. The highest BCUT2D eigenvalue weighted by atomic mass is 28.4. The number of hydrogen-bond acceptors (Lipinski definition) is 3. The molecule has 5 heteroatoms. The maximum absolute atomic E-state index is 11.9. The van der Waals surface area contributed by atoms with Gasteiger partial charge in [-0.15, -0.1) is 0 Å². The third-order valence-electron chi connectivity index (χ3n) is 2.75. The Bertz CT molecular complexity index is 558. The first-order chi connectivity index (χ1) is 7.98. The first-order valence-corrected chi connectivity index (χ1v) is 8.66. The largest absolute Gasteiger partial charge is 0.541 e. The van der Waals surface area contributed by atoms with Crippen molar-refractivity contribution in [1.29, 1.82) is 0 Å². The number of aliphatic imine (C=N–C) groups is 1. The second kappa shape index (κ2) is 3.99. The highest BCUT2D eigenvalue weighted by Gasteiger charge is 2.34. The summed E-state index contributed by atoms with van der Waals surface area (Å²) >= 11 is 0. The lowest BCUT2D eigenvalue weighted by atomic mass is 10.2. The van der Waals surface area contributed by atoms with Gasteiger partial charge in [0.15, 0.2) is 0 Å². The molecule has 4 nitrogen and oxygen atoms in total. The van der Waals surface area contributed by atoms with Crippen LogP contribution in [-0.2, 0) is 10.6 Å². The van der Waals surface area contributed by atoms with Gasteiger partial charge in [-0.05, 0) is 38.9 Å². The van der Waals surface area contributed by atoms with E-state index in [4.69, 9.17) is 4.43 Å². The van der Waals surface area contributed by atoms with Gasteiger partial charge in [-0.1, -0.05) is 0 Å². The van der Waals surface area contributed by atoms with Crippen molar-refractivity contribution in [3.8, 4) is 0 Å². The van der Waals surface area contributed by atoms with Crippen molar-refractivity contribution in [2.24, 2.45) is 4.99 Å². The summed E-state index contributed by atoms with van der Waals surface area (Å²) in [5.41, 5.74) is 1.44. The zero-order chi connectivity index (χ0) is 12.6. The van der Waals surface area contributed by atoms with Crippen LogP contribution in [0.15, 0.2) is 28.0 Å². The number of nitrogens with zero attached hydrogens (tertiary/aromatic N) is 2. The minimum absolute atomic E-state index is 0.00405. The fraction of sp³-hybridized carbons (Fsp3) is 0.333. The molecule has 0 unspecified atom stereocenters. The van der Waals surface area contributed by atoms with Gasteiger partial charge in [0, 0.05) is 6.07 Å². The molecule has 1 aromatic rings. The molecular weight excluding hydrogens is 232 g/mol. The average molecular weight is 248 g/mol. The highest BCUT2D eigenvalue weighted by Crippen LogP contribution is 2.32. The molecule has 0 atom stereocenters. The van der Waals surface area contributed by atoms with Crippen molar-refractivity contribution in [1.82, 2.24) is 4.57 Å². The Kier molecular flexibility index (Phi) is 2.78. The van der Waals surface area contributed by atoms with Crippen LogP contribution in [0.1, 0.15) is 12.6 Å². The normalized spacial score (nSPS) is 19.6. The molecule has 0 amide bonds. The quantitative estimate of drug-likeness (QED) is 0.565. The molecule has 0 bridgehead atoms. The SMILES string of the molecule is C=Nc1ccc(=O)n2c1/C(=C\C)O[Si](C)(C)C2. The van der Waals surface area contributed by atoms with E-state index in [2.05, 4.69) is 24.8 Å². The molecule has 17 heavy (non-hydrogen) atoms. The molecular formula is C12H16N2O2Si. The predicted molar refractivity (Wildman–Crippen MR) is 72.1 cm³/mol. The second-order valence-corrected chi connectivity index (χ2v) is 8.70. The highest BCUT2D eigenvalue weighted by molar-refractivity contribution is 6.71. The zero-order valence-electron chi connectivity index (χ0n) is 10.4. The van der Waals surface area contributed by atoms with Crippen molar-refractivity contribution in [2.45, 2.75) is 26.2 Å². The van der Waals surface area contributed by atoms with Gasteiger partial charge in [0.25, 0.3) is 13.9 Å². The van der Waals surface area contributed by atoms with E-state index in [-0.39, 0.29) is 5.56 Å². The average Bonchev–Trinajstić information content (AvgIpc) is 2.28. The summed E-state index contributed by atoms with van der Waals surface area (Å²) in [6.07, 6.45) is 2.54. The van der Waals surface area contributed by atoms with E-state index in [9.17, 15) is 4.79 Å². The van der Waals surface area contributed by atoms with Gasteiger partial charge in [0.05, 0.1) is 11.9 Å². The molecule has 1 aromatic heterocycles. The van der Waals surface area contributed by atoms with E-state index in [1.165, 1.54) is 6.07 Å². The molecule has 0 fully saturated rings. The smallest absolute Gasteiger partial charge is 0.264 e. The molecule has 2 heterocycles. The number of pyridine rings is 1. The third-order valence-corrected chi connectivity index (χ3v) is 4.60. The van der Waals surface area contributed by atoms with Crippen molar-refractivity contribution in [3.63, 3.8) is 0 Å². The van der Waals surface area contributed by atoms with Gasteiger partial charge in [0.1, 0.15) is 11.5 Å². The lowest BCUT2D eigenvalue weighted by Crippen LogP contribution is -2.44. The molecule has 0 aliphatic carbocycles. The molecule has 1 aliphatic rings. The molecule has 0 aromatic carbocycles. The van der Waals surface area contributed by atoms with Crippen molar-refractivity contribution in [3.05, 3.63) is 34.3 Å². The Morgan fingerprint density at radius 3 is 2.82 bits per heavy atom. The summed E-state index contributed by atoms with van der Waals surface area (Å²) in [4.78, 5) is 15.9. The van der Waals surface area contributed by atoms with Gasteiger partial charge in [0.2, 0.25) is 0 Å². The number of allylic oxidation sites excluding steroid dienone is 1. The molecule has 1 aliphatic heterocycles. The summed E-state index contributed by atoms with van der Waals surface area (Å²) in [7, 11) is -1.86. The minimum atomic E-state index is -1.86. The van der Waals surface area contributed by atoms with E-state index in [0.29, 0.717) is 11.9 Å². The summed E-state index contributed by atoms with van der Waals surface area (Å²) in [6, 6.07) is 3.23. The summed E-state index contributed by atoms with van der Waals surface area (Å²) in [5, 5.41) is 0. The van der Waals surface area contributed by atoms with Gasteiger partial charge >= 0.3 is 0 Å². The van der Waals surface area contributed by atoms with Crippen LogP contribution in [0.3, 0.4) is 0 Å². The van der Waals surface area contributed by atoms with Crippen molar-refractivity contribution in [2.75, 3.05) is 0 Å². The van der Waals surface area contributed by atoms with Crippen LogP contribution < -0.4 is 5.56 Å². The van der Waals surface area contributed by atoms with Gasteiger partial charge in [-0.2, -0.15) is 0 Å². The standard InChI is InChI=1S/C12H16N2O2Si/c1-5-10-12-9(13-2)6-7-11(15)14(12)8-17(3,4)16-10/h5-7H,2,8H2,1,3-4H3/b10-5+. The lowest BCUT2D eigenvalue weighted by molar-refractivity contribution is 0.455. The van der Waals surface area contributed by atoms with Crippen LogP contribution in [0.5, 0.6) is 0 Å². The molecule has 90 valence electrons. The molecule has 2 rings (SSSR count). The maximum Gasteiger partial charge on any atom is 0.264 e. The summed E-state index contributed by atoms with van der Waals surface area (Å²) in [5.74, 6) is 0.744. The molecule has 0 saturated heterocycles.